The Labute approximate surface area is 123 Å². The van der Waals surface area contributed by atoms with Crippen LogP contribution in [0.2, 0.25) is 0 Å². The van der Waals surface area contributed by atoms with Gasteiger partial charge in [-0.3, -0.25) is 9.78 Å². The second kappa shape index (κ2) is 6.13. The molecule has 0 N–H and O–H groups in total. The Balaban J connectivity index is 2.15. The standard InChI is InChI=1S/C15H19N3OS/c1-10(2)13-9-20-14(17-13)15(19)18(4)11(3)12-5-7-16-8-6-12/h5-11H,1-4H3. The summed E-state index contributed by atoms with van der Waals surface area (Å²) in [5, 5.41) is 2.51. The minimum absolute atomic E-state index is 0.00287. The van der Waals surface area contributed by atoms with Gasteiger partial charge < -0.3 is 4.90 Å². The Bertz CT molecular complexity index is 580. The van der Waals surface area contributed by atoms with Crippen LogP contribution in [0.4, 0.5) is 0 Å². The zero-order valence-corrected chi connectivity index (χ0v) is 13.0. The Morgan fingerprint density at radius 3 is 2.45 bits per heavy atom. The van der Waals surface area contributed by atoms with Crippen LogP contribution in [0.25, 0.3) is 0 Å². The number of aromatic nitrogens is 2. The number of thiazole rings is 1. The quantitative estimate of drug-likeness (QED) is 0.865. The van der Waals surface area contributed by atoms with Gasteiger partial charge in [0.15, 0.2) is 5.01 Å². The van der Waals surface area contributed by atoms with Crippen molar-refractivity contribution in [3.63, 3.8) is 0 Å². The third kappa shape index (κ3) is 3.04. The molecule has 0 spiro atoms. The van der Waals surface area contributed by atoms with Gasteiger partial charge in [-0.15, -0.1) is 11.3 Å². The zero-order valence-electron chi connectivity index (χ0n) is 12.2. The number of carbonyl (C=O) groups is 1. The molecule has 0 aliphatic rings. The molecule has 4 nitrogen and oxygen atoms in total. The van der Waals surface area contributed by atoms with Gasteiger partial charge in [-0.05, 0) is 30.5 Å². The lowest BCUT2D eigenvalue weighted by atomic mass is 10.1. The maximum Gasteiger partial charge on any atom is 0.283 e. The first-order valence-corrected chi connectivity index (χ1v) is 7.51. The van der Waals surface area contributed by atoms with Crippen molar-refractivity contribution >= 4 is 17.2 Å². The summed E-state index contributed by atoms with van der Waals surface area (Å²) in [6, 6.07) is 3.85. The van der Waals surface area contributed by atoms with Crippen molar-refractivity contribution in [2.45, 2.75) is 32.7 Å². The van der Waals surface area contributed by atoms with E-state index in [9.17, 15) is 4.79 Å². The maximum atomic E-state index is 12.5. The summed E-state index contributed by atoms with van der Waals surface area (Å²) < 4.78 is 0. The second-order valence-electron chi connectivity index (χ2n) is 5.10. The van der Waals surface area contributed by atoms with Crippen LogP contribution in [-0.4, -0.2) is 27.8 Å². The monoisotopic (exact) mass is 289 g/mol. The van der Waals surface area contributed by atoms with Crippen molar-refractivity contribution in [2.24, 2.45) is 0 Å². The van der Waals surface area contributed by atoms with Crippen molar-refractivity contribution < 1.29 is 4.79 Å². The first kappa shape index (κ1) is 14.7. The van der Waals surface area contributed by atoms with Crippen LogP contribution in [-0.2, 0) is 0 Å². The normalized spacial score (nSPS) is 12.4. The molecule has 5 heteroatoms. The molecule has 1 unspecified atom stereocenters. The van der Waals surface area contributed by atoms with Crippen LogP contribution in [0, 0.1) is 0 Å². The van der Waals surface area contributed by atoms with Gasteiger partial charge in [0.25, 0.3) is 5.91 Å². The minimum Gasteiger partial charge on any atom is -0.333 e. The second-order valence-corrected chi connectivity index (χ2v) is 5.96. The van der Waals surface area contributed by atoms with Gasteiger partial charge in [-0.2, -0.15) is 0 Å². The molecule has 0 aliphatic carbocycles. The highest BCUT2D eigenvalue weighted by molar-refractivity contribution is 7.11. The fraction of sp³-hybridized carbons (Fsp3) is 0.400. The molecule has 1 amide bonds. The molecule has 2 heterocycles. The van der Waals surface area contributed by atoms with Crippen LogP contribution in [0.15, 0.2) is 29.9 Å². The number of amides is 1. The van der Waals surface area contributed by atoms with Crippen molar-refractivity contribution in [3.05, 3.63) is 46.2 Å². The minimum atomic E-state index is -0.0359. The van der Waals surface area contributed by atoms with Gasteiger partial charge in [0.2, 0.25) is 0 Å². The molecular formula is C15H19N3OS. The molecular weight excluding hydrogens is 270 g/mol. The van der Waals surface area contributed by atoms with Crippen molar-refractivity contribution in [2.75, 3.05) is 7.05 Å². The molecule has 0 aromatic carbocycles. The lowest BCUT2D eigenvalue weighted by molar-refractivity contribution is 0.0742. The van der Waals surface area contributed by atoms with E-state index in [-0.39, 0.29) is 11.9 Å². The van der Waals surface area contributed by atoms with Crippen molar-refractivity contribution in [1.82, 2.24) is 14.9 Å². The Morgan fingerprint density at radius 1 is 1.25 bits per heavy atom. The number of carbonyl (C=O) groups excluding carboxylic acids is 1. The SMILES string of the molecule is CC(C)c1csc(C(=O)N(C)C(C)c2ccncc2)n1. The fourth-order valence-corrected chi connectivity index (χ4v) is 2.80. The van der Waals surface area contributed by atoms with E-state index in [0.29, 0.717) is 10.9 Å². The molecule has 2 rings (SSSR count). The summed E-state index contributed by atoms with van der Waals surface area (Å²) in [6.07, 6.45) is 3.48. The van der Waals surface area contributed by atoms with Crippen LogP contribution >= 0.6 is 11.3 Å². The van der Waals surface area contributed by atoms with E-state index in [1.807, 2.05) is 31.5 Å². The average Bonchev–Trinajstić information content (AvgIpc) is 2.96. The summed E-state index contributed by atoms with van der Waals surface area (Å²) in [7, 11) is 1.81. The van der Waals surface area contributed by atoms with E-state index in [2.05, 4.69) is 23.8 Å². The lowest BCUT2D eigenvalue weighted by Crippen LogP contribution is -2.29. The largest absolute Gasteiger partial charge is 0.333 e. The third-order valence-electron chi connectivity index (χ3n) is 3.39. The molecule has 1 atom stereocenters. The first-order valence-electron chi connectivity index (χ1n) is 6.63. The summed E-state index contributed by atoms with van der Waals surface area (Å²) in [5.41, 5.74) is 2.04. The number of nitrogens with zero attached hydrogens (tertiary/aromatic N) is 3. The van der Waals surface area contributed by atoms with E-state index < -0.39 is 0 Å². The zero-order chi connectivity index (χ0) is 14.7. The molecule has 0 saturated carbocycles. The van der Waals surface area contributed by atoms with E-state index in [1.54, 1.807) is 17.3 Å². The molecule has 20 heavy (non-hydrogen) atoms. The fourth-order valence-electron chi connectivity index (χ4n) is 1.84. The van der Waals surface area contributed by atoms with Gasteiger partial charge in [0.1, 0.15) is 0 Å². The predicted molar refractivity (Wildman–Crippen MR) is 80.9 cm³/mol. The summed E-state index contributed by atoms with van der Waals surface area (Å²) >= 11 is 1.41. The number of pyridine rings is 1. The topological polar surface area (TPSA) is 46.1 Å². The van der Waals surface area contributed by atoms with E-state index >= 15 is 0 Å². The molecule has 2 aromatic heterocycles. The molecule has 2 aromatic rings. The molecule has 0 saturated heterocycles. The van der Waals surface area contributed by atoms with Gasteiger partial charge >= 0.3 is 0 Å². The Kier molecular flexibility index (Phi) is 4.49. The van der Waals surface area contributed by atoms with E-state index in [1.165, 1.54) is 11.3 Å². The predicted octanol–water partition coefficient (Wildman–Crippen LogP) is 3.49. The van der Waals surface area contributed by atoms with E-state index in [4.69, 9.17) is 0 Å². The summed E-state index contributed by atoms with van der Waals surface area (Å²) in [5.74, 6) is 0.307. The number of hydrogen-bond donors (Lipinski definition) is 0. The third-order valence-corrected chi connectivity index (χ3v) is 4.23. The number of rotatable bonds is 4. The van der Waals surface area contributed by atoms with Crippen LogP contribution in [0.5, 0.6) is 0 Å². The summed E-state index contributed by atoms with van der Waals surface area (Å²) in [4.78, 5) is 22.6. The molecule has 0 bridgehead atoms. The van der Waals surface area contributed by atoms with E-state index in [0.717, 1.165) is 11.3 Å². The molecule has 0 aliphatic heterocycles. The van der Waals surface area contributed by atoms with Crippen LogP contribution < -0.4 is 0 Å². The highest BCUT2D eigenvalue weighted by Gasteiger charge is 2.21. The van der Waals surface area contributed by atoms with Gasteiger partial charge in [-0.1, -0.05) is 13.8 Å². The Hall–Kier alpha value is -1.75. The lowest BCUT2D eigenvalue weighted by Gasteiger charge is -2.24. The summed E-state index contributed by atoms with van der Waals surface area (Å²) in [6.45, 7) is 6.16. The van der Waals surface area contributed by atoms with Gasteiger partial charge in [-0.25, -0.2) is 4.98 Å². The van der Waals surface area contributed by atoms with Crippen molar-refractivity contribution in [3.8, 4) is 0 Å². The van der Waals surface area contributed by atoms with Gasteiger partial charge in [0.05, 0.1) is 11.7 Å². The smallest absolute Gasteiger partial charge is 0.283 e. The number of hydrogen-bond acceptors (Lipinski definition) is 4. The Morgan fingerprint density at radius 2 is 1.90 bits per heavy atom. The van der Waals surface area contributed by atoms with Crippen molar-refractivity contribution in [1.29, 1.82) is 0 Å². The highest BCUT2D eigenvalue weighted by Crippen LogP contribution is 2.23. The molecule has 106 valence electrons. The van der Waals surface area contributed by atoms with Crippen LogP contribution in [0.3, 0.4) is 0 Å². The molecule has 0 radical (unpaired) electrons. The highest BCUT2D eigenvalue weighted by atomic mass is 32.1. The average molecular weight is 289 g/mol. The maximum absolute atomic E-state index is 12.5. The van der Waals surface area contributed by atoms with Gasteiger partial charge in [0, 0.05) is 24.8 Å². The van der Waals surface area contributed by atoms with Crippen LogP contribution in [0.1, 0.15) is 53.8 Å². The molecule has 0 fully saturated rings. The first-order chi connectivity index (χ1) is 9.50.